The highest BCUT2D eigenvalue weighted by atomic mass is 35.5. The van der Waals surface area contributed by atoms with E-state index < -0.39 is 0 Å². The van der Waals surface area contributed by atoms with E-state index in [1.165, 1.54) is 19.3 Å². The number of hydrogen-bond donors (Lipinski definition) is 1. The summed E-state index contributed by atoms with van der Waals surface area (Å²) in [5.41, 5.74) is 6.41. The van der Waals surface area contributed by atoms with Crippen molar-refractivity contribution in [1.29, 1.82) is 0 Å². The van der Waals surface area contributed by atoms with Crippen LogP contribution in [0.5, 0.6) is 0 Å². The normalized spacial score (nSPS) is 17.8. The molecule has 1 aromatic carbocycles. The Morgan fingerprint density at radius 1 is 1.50 bits per heavy atom. The number of halogens is 2. The lowest BCUT2D eigenvalue weighted by molar-refractivity contribution is 0.163. The molecule has 0 bridgehead atoms. The van der Waals surface area contributed by atoms with E-state index in [4.69, 9.17) is 17.3 Å². The van der Waals surface area contributed by atoms with Gasteiger partial charge in [0.15, 0.2) is 0 Å². The van der Waals surface area contributed by atoms with Gasteiger partial charge in [-0.25, -0.2) is 4.39 Å². The SMILES string of the molecule is CN(CC1CCC1)C(CN)c1cccc(Cl)c1F. The first-order chi connectivity index (χ1) is 8.63. The Bertz CT molecular complexity index is 407. The van der Waals surface area contributed by atoms with Crippen LogP contribution >= 0.6 is 11.6 Å². The van der Waals surface area contributed by atoms with Gasteiger partial charge in [0.25, 0.3) is 0 Å². The average Bonchev–Trinajstić information content (AvgIpc) is 2.30. The van der Waals surface area contributed by atoms with Gasteiger partial charge in [-0.05, 0) is 31.9 Å². The van der Waals surface area contributed by atoms with E-state index >= 15 is 0 Å². The maximum absolute atomic E-state index is 14.0. The fourth-order valence-electron chi connectivity index (χ4n) is 2.53. The smallest absolute Gasteiger partial charge is 0.146 e. The van der Waals surface area contributed by atoms with Gasteiger partial charge in [0.05, 0.1) is 5.02 Å². The van der Waals surface area contributed by atoms with Crippen LogP contribution in [-0.2, 0) is 0 Å². The van der Waals surface area contributed by atoms with E-state index in [1.54, 1.807) is 18.2 Å². The fraction of sp³-hybridized carbons (Fsp3) is 0.571. The molecule has 18 heavy (non-hydrogen) atoms. The first-order valence-electron chi connectivity index (χ1n) is 6.47. The number of rotatable bonds is 5. The summed E-state index contributed by atoms with van der Waals surface area (Å²) in [6, 6.07) is 5.03. The zero-order valence-electron chi connectivity index (χ0n) is 10.7. The average molecular weight is 271 g/mol. The van der Waals surface area contributed by atoms with Crippen LogP contribution in [0.3, 0.4) is 0 Å². The van der Waals surface area contributed by atoms with Crippen LogP contribution in [0.4, 0.5) is 4.39 Å². The van der Waals surface area contributed by atoms with E-state index in [9.17, 15) is 4.39 Å². The van der Waals surface area contributed by atoms with Gasteiger partial charge in [-0.15, -0.1) is 0 Å². The molecule has 1 fully saturated rings. The highest BCUT2D eigenvalue weighted by Crippen LogP contribution is 2.31. The summed E-state index contributed by atoms with van der Waals surface area (Å²) in [4.78, 5) is 2.15. The van der Waals surface area contributed by atoms with Crippen LogP contribution < -0.4 is 5.73 Å². The van der Waals surface area contributed by atoms with Crippen molar-refractivity contribution >= 4 is 11.6 Å². The lowest BCUT2D eigenvalue weighted by atomic mass is 9.84. The molecule has 0 heterocycles. The molecule has 2 nitrogen and oxygen atoms in total. The molecule has 0 amide bonds. The van der Waals surface area contributed by atoms with Crippen molar-refractivity contribution in [2.45, 2.75) is 25.3 Å². The van der Waals surface area contributed by atoms with Crippen LogP contribution in [0.15, 0.2) is 18.2 Å². The Morgan fingerprint density at radius 3 is 2.78 bits per heavy atom. The topological polar surface area (TPSA) is 29.3 Å². The standard InChI is InChI=1S/C14H20ClFN2/c1-18(9-10-4-2-5-10)13(8-17)11-6-3-7-12(15)14(11)16/h3,6-7,10,13H,2,4-5,8-9,17H2,1H3. The fourth-order valence-corrected chi connectivity index (χ4v) is 2.71. The predicted molar refractivity (Wildman–Crippen MR) is 73.2 cm³/mol. The lowest BCUT2D eigenvalue weighted by Crippen LogP contribution is -2.36. The van der Waals surface area contributed by atoms with Gasteiger partial charge in [0, 0.05) is 24.7 Å². The molecular formula is C14H20ClFN2. The van der Waals surface area contributed by atoms with Crippen molar-refractivity contribution in [3.63, 3.8) is 0 Å². The largest absolute Gasteiger partial charge is 0.329 e. The summed E-state index contributed by atoms with van der Waals surface area (Å²) in [5, 5.41) is 0.169. The zero-order valence-corrected chi connectivity index (χ0v) is 11.5. The maximum Gasteiger partial charge on any atom is 0.146 e. The first kappa shape index (κ1) is 13.8. The molecule has 1 aliphatic carbocycles. The zero-order chi connectivity index (χ0) is 13.1. The van der Waals surface area contributed by atoms with Gasteiger partial charge in [0.2, 0.25) is 0 Å². The molecule has 0 saturated heterocycles. The monoisotopic (exact) mass is 270 g/mol. The third-order valence-corrected chi connectivity index (χ3v) is 4.16. The van der Waals surface area contributed by atoms with E-state index in [0.717, 1.165) is 12.5 Å². The summed E-state index contributed by atoms with van der Waals surface area (Å²) in [6.07, 6.45) is 3.87. The lowest BCUT2D eigenvalue weighted by Gasteiger charge is -2.34. The molecule has 100 valence electrons. The number of likely N-dealkylation sites (N-methyl/N-ethyl adjacent to an activating group) is 1. The van der Waals surface area contributed by atoms with Gasteiger partial charge >= 0.3 is 0 Å². The van der Waals surface area contributed by atoms with E-state index in [1.807, 2.05) is 7.05 Å². The Kier molecular flexibility index (Phi) is 4.60. The molecule has 4 heteroatoms. The molecular weight excluding hydrogens is 251 g/mol. The van der Waals surface area contributed by atoms with Crippen LogP contribution in [0, 0.1) is 11.7 Å². The van der Waals surface area contributed by atoms with E-state index in [0.29, 0.717) is 12.1 Å². The van der Waals surface area contributed by atoms with Crippen LogP contribution in [0.2, 0.25) is 5.02 Å². The molecule has 1 aliphatic rings. The Labute approximate surface area is 113 Å². The number of hydrogen-bond acceptors (Lipinski definition) is 2. The van der Waals surface area contributed by atoms with Crippen molar-refractivity contribution in [3.8, 4) is 0 Å². The van der Waals surface area contributed by atoms with Gasteiger partial charge < -0.3 is 5.73 Å². The predicted octanol–water partition coefficient (Wildman–Crippen LogP) is 3.21. The summed E-state index contributed by atoms with van der Waals surface area (Å²) < 4.78 is 14.0. The van der Waals surface area contributed by atoms with E-state index in [2.05, 4.69) is 4.90 Å². The Hall–Kier alpha value is -0.640. The second-order valence-electron chi connectivity index (χ2n) is 5.13. The summed E-state index contributed by atoms with van der Waals surface area (Å²) in [6.45, 7) is 1.38. The van der Waals surface area contributed by atoms with Crippen molar-refractivity contribution in [3.05, 3.63) is 34.6 Å². The Morgan fingerprint density at radius 2 is 2.22 bits per heavy atom. The molecule has 0 aromatic heterocycles. The molecule has 1 aromatic rings. The van der Waals surface area contributed by atoms with Crippen molar-refractivity contribution in [2.75, 3.05) is 20.1 Å². The van der Waals surface area contributed by atoms with E-state index in [-0.39, 0.29) is 16.9 Å². The molecule has 2 rings (SSSR count). The second-order valence-corrected chi connectivity index (χ2v) is 5.54. The molecule has 0 aliphatic heterocycles. The van der Waals surface area contributed by atoms with Crippen molar-refractivity contribution < 1.29 is 4.39 Å². The summed E-state index contributed by atoms with van der Waals surface area (Å²) in [5.74, 6) is 0.404. The molecule has 2 N–H and O–H groups in total. The third kappa shape index (κ3) is 2.85. The number of nitrogens with zero attached hydrogens (tertiary/aromatic N) is 1. The number of benzene rings is 1. The molecule has 1 unspecified atom stereocenters. The van der Waals surface area contributed by atoms with Crippen molar-refractivity contribution in [2.24, 2.45) is 11.7 Å². The maximum atomic E-state index is 14.0. The van der Waals surface area contributed by atoms with Gasteiger partial charge in [-0.3, -0.25) is 4.90 Å². The van der Waals surface area contributed by atoms with Crippen molar-refractivity contribution in [1.82, 2.24) is 4.90 Å². The quantitative estimate of drug-likeness (QED) is 0.890. The second kappa shape index (κ2) is 6.00. The van der Waals surface area contributed by atoms with Gasteiger partial charge in [0.1, 0.15) is 5.82 Å². The van der Waals surface area contributed by atoms with Gasteiger partial charge in [-0.2, -0.15) is 0 Å². The van der Waals surface area contributed by atoms with Crippen LogP contribution in [0.1, 0.15) is 30.9 Å². The minimum Gasteiger partial charge on any atom is -0.329 e. The van der Waals surface area contributed by atoms with Crippen LogP contribution in [0.25, 0.3) is 0 Å². The van der Waals surface area contributed by atoms with Gasteiger partial charge in [-0.1, -0.05) is 30.2 Å². The minimum absolute atomic E-state index is 0.0932. The Balaban J connectivity index is 2.13. The highest BCUT2D eigenvalue weighted by molar-refractivity contribution is 6.30. The third-order valence-electron chi connectivity index (χ3n) is 3.87. The molecule has 0 spiro atoms. The highest BCUT2D eigenvalue weighted by Gasteiger charge is 2.25. The molecule has 0 radical (unpaired) electrons. The molecule has 1 saturated carbocycles. The van der Waals surface area contributed by atoms with Crippen LogP contribution in [-0.4, -0.2) is 25.0 Å². The molecule has 1 atom stereocenters. The minimum atomic E-state index is -0.338. The summed E-state index contributed by atoms with van der Waals surface area (Å²) in [7, 11) is 2.01. The first-order valence-corrected chi connectivity index (χ1v) is 6.85. The number of nitrogens with two attached hydrogens (primary N) is 1. The summed E-state index contributed by atoms with van der Waals surface area (Å²) >= 11 is 5.83.